The fourth-order valence-corrected chi connectivity index (χ4v) is 1.36. The standard InChI is InChI=1S/C10H22ClNO/c1-10(2)4-6-12(7-5-11)8-9-13-3/h10H,4-9H2,1-3H3. The predicted octanol–water partition coefficient (Wildman–Crippen LogP) is 2.22. The lowest BCUT2D eigenvalue weighted by molar-refractivity contribution is 0.148. The molecular weight excluding hydrogens is 186 g/mol. The van der Waals surface area contributed by atoms with E-state index in [1.165, 1.54) is 6.42 Å². The summed E-state index contributed by atoms with van der Waals surface area (Å²) in [5.74, 6) is 1.47. The molecule has 0 unspecified atom stereocenters. The number of rotatable bonds is 8. The molecule has 13 heavy (non-hydrogen) atoms. The van der Waals surface area contributed by atoms with E-state index in [1.807, 2.05) is 0 Å². The van der Waals surface area contributed by atoms with Gasteiger partial charge in [-0.05, 0) is 18.9 Å². The normalized spacial score (nSPS) is 11.5. The van der Waals surface area contributed by atoms with Gasteiger partial charge in [0.1, 0.15) is 0 Å². The summed E-state index contributed by atoms with van der Waals surface area (Å²) >= 11 is 5.71. The summed E-state index contributed by atoms with van der Waals surface area (Å²) in [5, 5.41) is 0. The Labute approximate surface area is 87.2 Å². The molecule has 3 heteroatoms. The Morgan fingerprint density at radius 3 is 2.38 bits per heavy atom. The lowest BCUT2D eigenvalue weighted by Crippen LogP contribution is -2.31. The Morgan fingerprint density at radius 1 is 1.23 bits per heavy atom. The third-order valence-corrected chi connectivity index (χ3v) is 2.20. The molecule has 0 saturated carbocycles. The maximum absolute atomic E-state index is 5.71. The Balaban J connectivity index is 3.53. The van der Waals surface area contributed by atoms with E-state index in [0.717, 1.165) is 32.2 Å². The number of ether oxygens (including phenoxy) is 1. The van der Waals surface area contributed by atoms with Crippen LogP contribution >= 0.6 is 11.6 Å². The second kappa shape index (κ2) is 8.79. The van der Waals surface area contributed by atoms with E-state index in [1.54, 1.807) is 7.11 Å². The van der Waals surface area contributed by atoms with Crippen LogP contribution in [0.25, 0.3) is 0 Å². The van der Waals surface area contributed by atoms with Crippen LogP contribution in [0, 0.1) is 5.92 Å². The smallest absolute Gasteiger partial charge is 0.0589 e. The summed E-state index contributed by atoms with van der Waals surface area (Å²) < 4.78 is 5.04. The first-order chi connectivity index (χ1) is 6.20. The fourth-order valence-electron chi connectivity index (χ4n) is 1.12. The van der Waals surface area contributed by atoms with Gasteiger partial charge in [0.05, 0.1) is 6.61 Å². The monoisotopic (exact) mass is 207 g/mol. The number of methoxy groups -OCH3 is 1. The van der Waals surface area contributed by atoms with Gasteiger partial charge in [-0.1, -0.05) is 13.8 Å². The predicted molar refractivity (Wildman–Crippen MR) is 58.5 cm³/mol. The van der Waals surface area contributed by atoms with Crippen molar-refractivity contribution in [3.63, 3.8) is 0 Å². The minimum Gasteiger partial charge on any atom is -0.383 e. The average molecular weight is 208 g/mol. The lowest BCUT2D eigenvalue weighted by Gasteiger charge is -2.21. The van der Waals surface area contributed by atoms with Crippen LogP contribution in [0.4, 0.5) is 0 Å². The van der Waals surface area contributed by atoms with Crippen LogP contribution in [0.1, 0.15) is 20.3 Å². The molecule has 0 aliphatic carbocycles. The molecule has 0 N–H and O–H groups in total. The second-order valence-corrected chi connectivity index (χ2v) is 4.08. The van der Waals surface area contributed by atoms with Gasteiger partial charge in [-0.25, -0.2) is 0 Å². The molecule has 0 rings (SSSR count). The molecular formula is C10H22ClNO. The van der Waals surface area contributed by atoms with Crippen molar-refractivity contribution in [3.05, 3.63) is 0 Å². The summed E-state index contributed by atoms with van der Waals surface area (Å²) in [6.07, 6.45) is 1.24. The van der Waals surface area contributed by atoms with Gasteiger partial charge in [-0.3, -0.25) is 4.90 Å². The zero-order valence-corrected chi connectivity index (χ0v) is 9.81. The summed E-state index contributed by atoms with van der Waals surface area (Å²) in [7, 11) is 1.74. The number of hydrogen-bond donors (Lipinski definition) is 0. The Morgan fingerprint density at radius 2 is 1.92 bits per heavy atom. The highest BCUT2D eigenvalue weighted by molar-refractivity contribution is 6.18. The number of halogens is 1. The van der Waals surface area contributed by atoms with Gasteiger partial charge in [0, 0.05) is 26.1 Å². The van der Waals surface area contributed by atoms with Crippen molar-refractivity contribution in [2.45, 2.75) is 20.3 Å². The highest BCUT2D eigenvalue weighted by Crippen LogP contribution is 2.02. The summed E-state index contributed by atoms with van der Waals surface area (Å²) in [5.41, 5.74) is 0. The zero-order chi connectivity index (χ0) is 10.1. The van der Waals surface area contributed by atoms with Gasteiger partial charge in [0.2, 0.25) is 0 Å². The molecule has 0 atom stereocenters. The molecule has 0 aromatic rings. The van der Waals surface area contributed by atoms with Gasteiger partial charge in [0.15, 0.2) is 0 Å². The van der Waals surface area contributed by atoms with Crippen LogP contribution < -0.4 is 0 Å². The molecule has 0 heterocycles. The van der Waals surface area contributed by atoms with E-state index in [9.17, 15) is 0 Å². The van der Waals surface area contributed by atoms with Crippen LogP contribution in [0.3, 0.4) is 0 Å². The maximum atomic E-state index is 5.71. The first kappa shape index (κ1) is 13.2. The molecule has 80 valence electrons. The highest BCUT2D eigenvalue weighted by Gasteiger charge is 2.04. The number of hydrogen-bond acceptors (Lipinski definition) is 2. The van der Waals surface area contributed by atoms with Crippen molar-refractivity contribution in [2.24, 2.45) is 5.92 Å². The van der Waals surface area contributed by atoms with E-state index < -0.39 is 0 Å². The van der Waals surface area contributed by atoms with Crippen LogP contribution in [0.2, 0.25) is 0 Å². The first-order valence-electron chi connectivity index (χ1n) is 4.98. The highest BCUT2D eigenvalue weighted by atomic mass is 35.5. The van der Waals surface area contributed by atoms with Crippen molar-refractivity contribution >= 4 is 11.6 Å². The van der Waals surface area contributed by atoms with Crippen LogP contribution in [0.5, 0.6) is 0 Å². The molecule has 0 aromatic carbocycles. The molecule has 0 fully saturated rings. The van der Waals surface area contributed by atoms with Gasteiger partial charge in [-0.15, -0.1) is 11.6 Å². The van der Waals surface area contributed by atoms with Crippen molar-refractivity contribution in [1.82, 2.24) is 4.90 Å². The third kappa shape index (κ3) is 8.54. The quantitative estimate of drug-likeness (QED) is 0.566. The number of alkyl halides is 1. The van der Waals surface area contributed by atoms with Gasteiger partial charge in [0.25, 0.3) is 0 Å². The van der Waals surface area contributed by atoms with Gasteiger partial charge >= 0.3 is 0 Å². The van der Waals surface area contributed by atoms with E-state index in [4.69, 9.17) is 16.3 Å². The summed E-state index contributed by atoms with van der Waals surface area (Å²) in [6, 6.07) is 0. The molecule has 0 aromatic heterocycles. The van der Waals surface area contributed by atoms with Crippen molar-refractivity contribution in [1.29, 1.82) is 0 Å². The largest absolute Gasteiger partial charge is 0.383 e. The lowest BCUT2D eigenvalue weighted by atomic mass is 10.1. The minimum atomic E-state index is 0.710. The fraction of sp³-hybridized carbons (Fsp3) is 1.00. The average Bonchev–Trinajstić information content (AvgIpc) is 2.09. The summed E-state index contributed by atoms with van der Waals surface area (Å²) in [6.45, 7) is 8.39. The molecule has 0 amide bonds. The van der Waals surface area contributed by atoms with Gasteiger partial charge in [-0.2, -0.15) is 0 Å². The molecule has 0 saturated heterocycles. The molecule has 0 radical (unpaired) electrons. The van der Waals surface area contributed by atoms with E-state index >= 15 is 0 Å². The third-order valence-electron chi connectivity index (χ3n) is 2.04. The van der Waals surface area contributed by atoms with Crippen LogP contribution in [-0.4, -0.2) is 44.1 Å². The molecule has 0 aliphatic heterocycles. The van der Waals surface area contributed by atoms with Gasteiger partial charge < -0.3 is 4.74 Å². The number of nitrogens with zero attached hydrogens (tertiary/aromatic N) is 1. The van der Waals surface area contributed by atoms with Crippen molar-refractivity contribution in [3.8, 4) is 0 Å². The first-order valence-corrected chi connectivity index (χ1v) is 5.51. The van der Waals surface area contributed by atoms with Crippen molar-refractivity contribution in [2.75, 3.05) is 39.2 Å². The molecule has 0 spiro atoms. The van der Waals surface area contributed by atoms with E-state index in [-0.39, 0.29) is 0 Å². The molecule has 2 nitrogen and oxygen atoms in total. The van der Waals surface area contributed by atoms with E-state index in [0.29, 0.717) is 5.88 Å². The topological polar surface area (TPSA) is 12.5 Å². The van der Waals surface area contributed by atoms with Crippen LogP contribution in [0.15, 0.2) is 0 Å². The Bertz CT molecular complexity index is 109. The maximum Gasteiger partial charge on any atom is 0.0589 e. The molecule has 0 bridgehead atoms. The summed E-state index contributed by atoms with van der Waals surface area (Å²) in [4.78, 5) is 2.36. The minimum absolute atomic E-state index is 0.710. The van der Waals surface area contributed by atoms with E-state index in [2.05, 4.69) is 18.7 Å². The van der Waals surface area contributed by atoms with Crippen molar-refractivity contribution < 1.29 is 4.74 Å². The van der Waals surface area contributed by atoms with Crippen LogP contribution in [-0.2, 0) is 4.74 Å². The Kier molecular flexibility index (Phi) is 8.93. The Hall–Kier alpha value is 0.210. The zero-order valence-electron chi connectivity index (χ0n) is 9.05. The second-order valence-electron chi connectivity index (χ2n) is 3.71. The SMILES string of the molecule is COCCN(CCCl)CCC(C)C. The molecule has 0 aliphatic rings.